The third-order valence-electron chi connectivity index (χ3n) is 4.27. The largest absolute Gasteiger partial charge is 0.354 e. The number of nitrogens with one attached hydrogen (secondary N) is 4. The summed E-state index contributed by atoms with van der Waals surface area (Å²) in [5.41, 5.74) is 0.826. The molecule has 1 aromatic carbocycles. The average molecular weight is 355 g/mol. The number of urea groups is 1. The van der Waals surface area contributed by atoms with E-state index in [0.717, 1.165) is 25.9 Å². The molecule has 0 spiro atoms. The molecule has 2 rings (SSSR count). The lowest BCUT2D eigenvalue weighted by atomic mass is 9.81. The molecule has 0 saturated carbocycles. The van der Waals surface area contributed by atoms with Crippen LogP contribution < -0.4 is 21.3 Å². The van der Waals surface area contributed by atoms with Gasteiger partial charge in [0.1, 0.15) is 6.04 Å². The van der Waals surface area contributed by atoms with Gasteiger partial charge < -0.3 is 21.3 Å². The van der Waals surface area contributed by atoms with Gasteiger partial charge in [-0.15, -0.1) is 12.4 Å². The van der Waals surface area contributed by atoms with Gasteiger partial charge in [-0.25, -0.2) is 4.79 Å². The van der Waals surface area contributed by atoms with E-state index in [1.54, 1.807) is 19.1 Å². The number of carbonyl (C=O) groups excluding carboxylic acids is 2. The van der Waals surface area contributed by atoms with Crippen molar-refractivity contribution in [3.63, 3.8) is 0 Å². The van der Waals surface area contributed by atoms with Gasteiger partial charge in [-0.05, 0) is 50.4 Å². The van der Waals surface area contributed by atoms with Crippen LogP contribution in [0.5, 0.6) is 0 Å². The van der Waals surface area contributed by atoms with Crippen molar-refractivity contribution < 1.29 is 9.59 Å². The highest BCUT2D eigenvalue weighted by Gasteiger charge is 2.28. The van der Waals surface area contributed by atoms with Gasteiger partial charge in [0.15, 0.2) is 0 Å². The van der Waals surface area contributed by atoms with Crippen molar-refractivity contribution in [1.29, 1.82) is 0 Å². The summed E-state index contributed by atoms with van der Waals surface area (Å²) in [5, 5.41) is 11.6. The van der Waals surface area contributed by atoms with Crippen LogP contribution in [0.2, 0.25) is 0 Å². The Morgan fingerprint density at radius 2 is 1.83 bits per heavy atom. The number of hydrogen-bond acceptors (Lipinski definition) is 3. The Bertz CT molecular complexity index is 533. The molecule has 0 aromatic heterocycles. The highest BCUT2D eigenvalue weighted by molar-refractivity contribution is 5.93. The minimum absolute atomic E-state index is 0. The van der Waals surface area contributed by atoms with E-state index in [0.29, 0.717) is 12.2 Å². The molecule has 7 heteroatoms. The minimum atomic E-state index is -0.580. The van der Waals surface area contributed by atoms with Gasteiger partial charge in [-0.1, -0.05) is 25.1 Å². The van der Waals surface area contributed by atoms with Gasteiger partial charge in [-0.3, -0.25) is 4.79 Å². The van der Waals surface area contributed by atoms with Crippen molar-refractivity contribution >= 4 is 30.0 Å². The highest BCUT2D eigenvalue weighted by atomic mass is 35.5. The SMILES string of the molecule is CC(NC(=O)Nc1ccccc1)C(=O)NCC1(C)CCNCC1.Cl. The van der Waals surface area contributed by atoms with Gasteiger partial charge in [0.25, 0.3) is 0 Å². The summed E-state index contributed by atoms with van der Waals surface area (Å²) in [6.45, 7) is 6.48. The molecule has 1 saturated heterocycles. The van der Waals surface area contributed by atoms with Gasteiger partial charge in [0, 0.05) is 12.2 Å². The number of benzene rings is 1. The zero-order valence-corrected chi connectivity index (χ0v) is 15.0. The van der Waals surface area contributed by atoms with Crippen LogP contribution in [0.3, 0.4) is 0 Å². The van der Waals surface area contributed by atoms with E-state index in [4.69, 9.17) is 0 Å². The van der Waals surface area contributed by atoms with E-state index >= 15 is 0 Å². The summed E-state index contributed by atoms with van der Waals surface area (Å²) >= 11 is 0. The van der Waals surface area contributed by atoms with Crippen LogP contribution in [0.4, 0.5) is 10.5 Å². The van der Waals surface area contributed by atoms with Crippen molar-refractivity contribution in [3.8, 4) is 0 Å². The first kappa shape index (κ1) is 20.3. The van der Waals surface area contributed by atoms with E-state index < -0.39 is 6.04 Å². The third-order valence-corrected chi connectivity index (χ3v) is 4.27. The van der Waals surface area contributed by atoms with E-state index in [-0.39, 0.29) is 29.8 Å². The zero-order chi connectivity index (χ0) is 16.7. The molecule has 6 nitrogen and oxygen atoms in total. The maximum Gasteiger partial charge on any atom is 0.319 e. The van der Waals surface area contributed by atoms with E-state index in [1.807, 2.05) is 18.2 Å². The fraction of sp³-hybridized carbons (Fsp3) is 0.529. The Hall–Kier alpha value is -1.79. The Morgan fingerprint density at radius 1 is 1.21 bits per heavy atom. The molecule has 4 N–H and O–H groups in total. The van der Waals surface area contributed by atoms with Crippen molar-refractivity contribution in [1.82, 2.24) is 16.0 Å². The lowest BCUT2D eigenvalue weighted by Crippen LogP contribution is -2.49. The molecule has 134 valence electrons. The van der Waals surface area contributed by atoms with Crippen LogP contribution in [0, 0.1) is 5.41 Å². The summed E-state index contributed by atoms with van der Waals surface area (Å²) in [6, 6.07) is 8.18. The third kappa shape index (κ3) is 6.37. The van der Waals surface area contributed by atoms with Gasteiger partial charge in [0.05, 0.1) is 0 Å². The van der Waals surface area contributed by atoms with E-state index in [1.165, 1.54) is 0 Å². The summed E-state index contributed by atoms with van der Waals surface area (Å²) < 4.78 is 0. The summed E-state index contributed by atoms with van der Waals surface area (Å²) in [5.74, 6) is -0.159. The number of piperidine rings is 1. The number of halogens is 1. The lowest BCUT2D eigenvalue weighted by molar-refractivity contribution is -0.123. The molecule has 0 aliphatic carbocycles. The molecule has 3 amide bonds. The van der Waals surface area contributed by atoms with Crippen LogP contribution in [0.25, 0.3) is 0 Å². The molecule has 24 heavy (non-hydrogen) atoms. The van der Waals surface area contributed by atoms with Gasteiger partial charge in [0.2, 0.25) is 5.91 Å². The van der Waals surface area contributed by atoms with Crippen LogP contribution in [-0.4, -0.2) is 37.6 Å². The van der Waals surface area contributed by atoms with E-state index in [2.05, 4.69) is 28.2 Å². The van der Waals surface area contributed by atoms with Crippen molar-refractivity contribution in [2.75, 3.05) is 25.0 Å². The molecule has 1 atom stereocenters. The second-order valence-corrected chi connectivity index (χ2v) is 6.46. The Labute approximate surface area is 149 Å². The normalized spacial score (nSPS) is 17.1. The molecule has 1 unspecified atom stereocenters. The van der Waals surface area contributed by atoms with Crippen LogP contribution in [-0.2, 0) is 4.79 Å². The minimum Gasteiger partial charge on any atom is -0.354 e. The number of amides is 3. The maximum absolute atomic E-state index is 12.1. The average Bonchev–Trinajstić information content (AvgIpc) is 2.54. The van der Waals surface area contributed by atoms with E-state index in [9.17, 15) is 9.59 Å². The molecule has 1 fully saturated rings. The number of hydrogen-bond donors (Lipinski definition) is 4. The summed E-state index contributed by atoms with van der Waals surface area (Å²) in [7, 11) is 0. The fourth-order valence-corrected chi connectivity index (χ4v) is 2.61. The molecule has 1 aliphatic rings. The Morgan fingerprint density at radius 3 is 2.46 bits per heavy atom. The van der Waals surface area contributed by atoms with Gasteiger partial charge >= 0.3 is 6.03 Å². The van der Waals surface area contributed by atoms with Crippen LogP contribution in [0.1, 0.15) is 26.7 Å². The Balaban J connectivity index is 0.00000288. The summed E-state index contributed by atoms with van der Waals surface area (Å²) in [4.78, 5) is 24.0. The smallest absolute Gasteiger partial charge is 0.319 e. The molecule has 1 heterocycles. The second-order valence-electron chi connectivity index (χ2n) is 6.46. The van der Waals surface area contributed by atoms with Crippen molar-refractivity contribution in [2.45, 2.75) is 32.7 Å². The molecule has 1 aromatic rings. The number of anilines is 1. The predicted octanol–water partition coefficient (Wildman–Crippen LogP) is 2.12. The lowest BCUT2D eigenvalue weighted by Gasteiger charge is -2.34. The topological polar surface area (TPSA) is 82.3 Å². The molecule has 1 aliphatic heterocycles. The predicted molar refractivity (Wildman–Crippen MR) is 98.5 cm³/mol. The molecule has 0 radical (unpaired) electrons. The first-order chi connectivity index (χ1) is 11.0. The maximum atomic E-state index is 12.1. The molecule has 0 bridgehead atoms. The zero-order valence-electron chi connectivity index (χ0n) is 14.2. The summed E-state index contributed by atoms with van der Waals surface area (Å²) in [6.07, 6.45) is 2.09. The number of para-hydroxylation sites is 1. The van der Waals surface area contributed by atoms with Crippen molar-refractivity contribution in [2.24, 2.45) is 5.41 Å². The molecular formula is C17H27ClN4O2. The van der Waals surface area contributed by atoms with Gasteiger partial charge in [-0.2, -0.15) is 0 Å². The van der Waals surface area contributed by atoms with Crippen LogP contribution in [0.15, 0.2) is 30.3 Å². The first-order valence-electron chi connectivity index (χ1n) is 8.09. The second kappa shape index (κ2) is 9.49. The number of rotatable bonds is 5. The highest BCUT2D eigenvalue weighted by Crippen LogP contribution is 2.26. The number of carbonyl (C=O) groups is 2. The monoisotopic (exact) mass is 354 g/mol. The fourth-order valence-electron chi connectivity index (χ4n) is 2.61. The van der Waals surface area contributed by atoms with Crippen LogP contribution >= 0.6 is 12.4 Å². The Kier molecular flexibility index (Phi) is 8.01. The standard InChI is InChI=1S/C17H26N4O2.ClH/c1-13(20-16(23)21-14-6-4-3-5-7-14)15(22)19-12-17(2)8-10-18-11-9-17;/h3-7,13,18H,8-12H2,1-2H3,(H,19,22)(H2,20,21,23);1H. The first-order valence-corrected chi connectivity index (χ1v) is 8.09. The molecular weight excluding hydrogens is 328 g/mol. The quantitative estimate of drug-likeness (QED) is 0.653. The van der Waals surface area contributed by atoms with Crippen molar-refractivity contribution in [3.05, 3.63) is 30.3 Å².